The Hall–Kier alpha value is -1.26. The molecule has 4 heteroatoms. The van der Waals surface area contributed by atoms with Gasteiger partial charge in [0.15, 0.2) is 11.5 Å². The van der Waals surface area contributed by atoms with Gasteiger partial charge in [-0.05, 0) is 82.4 Å². The zero-order valence-corrected chi connectivity index (χ0v) is 19.6. The summed E-state index contributed by atoms with van der Waals surface area (Å²) in [5.41, 5.74) is 1.33. The van der Waals surface area contributed by atoms with Crippen LogP contribution in [0, 0.1) is 17.8 Å². The average molecular weight is 407 g/mol. The van der Waals surface area contributed by atoms with Gasteiger partial charge < -0.3 is 19.5 Å². The SMILES string of the molecule is CCOc1ccc(C[NH2+]CC[C@@H](CCC(C)C)[C@@H]2CCOC(C)(C)C2)cc1OC. The Balaban J connectivity index is 1.87. The molecule has 1 fully saturated rings. The fourth-order valence-corrected chi connectivity index (χ4v) is 4.56. The van der Waals surface area contributed by atoms with Gasteiger partial charge in [0, 0.05) is 12.2 Å². The third-order valence-corrected chi connectivity index (χ3v) is 6.17. The van der Waals surface area contributed by atoms with E-state index in [-0.39, 0.29) is 5.60 Å². The van der Waals surface area contributed by atoms with Crippen LogP contribution in [0.2, 0.25) is 0 Å². The van der Waals surface area contributed by atoms with E-state index in [0.29, 0.717) is 6.61 Å². The second kappa shape index (κ2) is 11.8. The van der Waals surface area contributed by atoms with Crippen molar-refractivity contribution in [1.82, 2.24) is 0 Å². The van der Waals surface area contributed by atoms with Crippen LogP contribution in [0.5, 0.6) is 11.5 Å². The van der Waals surface area contributed by atoms with Gasteiger partial charge in [-0.1, -0.05) is 20.3 Å². The molecule has 0 unspecified atom stereocenters. The molecule has 166 valence electrons. The van der Waals surface area contributed by atoms with Gasteiger partial charge >= 0.3 is 0 Å². The molecular formula is C25H44NO3+. The zero-order valence-electron chi connectivity index (χ0n) is 19.6. The van der Waals surface area contributed by atoms with Gasteiger partial charge in [0.05, 0.1) is 25.9 Å². The second-order valence-electron chi connectivity index (χ2n) is 9.58. The van der Waals surface area contributed by atoms with Crippen molar-refractivity contribution in [1.29, 1.82) is 0 Å². The van der Waals surface area contributed by atoms with Crippen molar-refractivity contribution >= 4 is 0 Å². The predicted octanol–water partition coefficient (Wildman–Crippen LogP) is 4.81. The lowest BCUT2D eigenvalue weighted by Crippen LogP contribution is -2.82. The monoisotopic (exact) mass is 406 g/mol. The van der Waals surface area contributed by atoms with Crippen molar-refractivity contribution in [3.63, 3.8) is 0 Å². The van der Waals surface area contributed by atoms with Crippen LogP contribution in [-0.2, 0) is 11.3 Å². The topological polar surface area (TPSA) is 44.3 Å². The maximum atomic E-state index is 5.97. The lowest BCUT2D eigenvalue weighted by atomic mass is 9.75. The third kappa shape index (κ3) is 8.18. The van der Waals surface area contributed by atoms with Crippen molar-refractivity contribution in [3.05, 3.63) is 23.8 Å². The Kier molecular flexibility index (Phi) is 9.78. The summed E-state index contributed by atoms with van der Waals surface area (Å²) in [5, 5.41) is 2.45. The fraction of sp³-hybridized carbons (Fsp3) is 0.760. The van der Waals surface area contributed by atoms with Crippen molar-refractivity contribution in [2.45, 2.75) is 78.9 Å². The minimum Gasteiger partial charge on any atom is -0.493 e. The lowest BCUT2D eigenvalue weighted by Gasteiger charge is -2.39. The Bertz CT molecular complexity index is 600. The molecule has 2 rings (SSSR count). The number of rotatable bonds is 12. The van der Waals surface area contributed by atoms with Crippen LogP contribution in [0.4, 0.5) is 0 Å². The first-order valence-corrected chi connectivity index (χ1v) is 11.6. The van der Waals surface area contributed by atoms with Crippen molar-refractivity contribution in [2.75, 3.05) is 26.9 Å². The van der Waals surface area contributed by atoms with Crippen LogP contribution in [0.3, 0.4) is 0 Å². The highest BCUT2D eigenvalue weighted by Gasteiger charge is 2.33. The number of ether oxygens (including phenoxy) is 3. The normalized spacial score (nSPS) is 19.9. The molecule has 1 aliphatic rings. The van der Waals surface area contributed by atoms with Gasteiger partial charge in [0.2, 0.25) is 0 Å². The largest absolute Gasteiger partial charge is 0.493 e. The fourth-order valence-electron chi connectivity index (χ4n) is 4.56. The smallest absolute Gasteiger partial charge is 0.161 e. The molecule has 0 saturated carbocycles. The Morgan fingerprint density at radius 2 is 1.97 bits per heavy atom. The Morgan fingerprint density at radius 1 is 1.17 bits per heavy atom. The van der Waals surface area contributed by atoms with Crippen molar-refractivity contribution < 1.29 is 19.5 Å². The molecular weight excluding hydrogens is 362 g/mol. The van der Waals surface area contributed by atoms with Crippen LogP contribution < -0.4 is 14.8 Å². The number of benzene rings is 1. The molecule has 0 amide bonds. The van der Waals surface area contributed by atoms with E-state index in [1.165, 1.54) is 44.2 Å². The Labute approximate surface area is 178 Å². The van der Waals surface area contributed by atoms with Crippen LogP contribution >= 0.6 is 0 Å². The van der Waals surface area contributed by atoms with Crippen LogP contribution in [0.1, 0.15) is 72.3 Å². The number of nitrogens with two attached hydrogens (primary N) is 1. The molecule has 0 bridgehead atoms. The first-order chi connectivity index (χ1) is 13.8. The van der Waals surface area contributed by atoms with E-state index < -0.39 is 0 Å². The summed E-state index contributed by atoms with van der Waals surface area (Å²) in [4.78, 5) is 0. The van der Waals surface area contributed by atoms with E-state index in [2.05, 4.69) is 45.1 Å². The molecule has 0 radical (unpaired) electrons. The first-order valence-electron chi connectivity index (χ1n) is 11.6. The van der Waals surface area contributed by atoms with E-state index in [0.717, 1.165) is 42.4 Å². The maximum Gasteiger partial charge on any atom is 0.161 e. The van der Waals surface area contributed by atoms with Crippen molar-refractivity contribution in [2.24, 2.45) is 17.8 Å². The van der Waals surface area contributed by atoms with E-state index in [1.807, 2.05) is 13.0 Å². The zero-order chi connectivity index (χ0) is 21.3. The summed E-state index contributed by atoms with van der Waals surface area (Å²) in [6.07, 6.45) is 6.40. The van der Waals surface area contributed by atoms with Crippen molar-refractivity contribution in [3.8, 4) is 11.5 Å². The summed E-state index contributed by atoms with van der Waals surface area (Å²) in [5.74, 6) is 4.06. The molecule has 2 N–H and O–H groups in total. The Morgan fingerprint density at radius 3 is 2.62 bits per heavy atom. The highest BCUT2D eigenvalue weighted by Crippen LogP contribution is 2.37. The van der Waals surface area contributed by atoms with Crippen LogP contribution in [0.15, 0.2) is 18.2 Å². The molecule has 4 nitrogen and oxygen atoms in total. The number of quaternary nitrogens is 1. The van der Waals surface area contributed by atoms with Gasteiger partial charge in [-0.2, -0.15) is 0 Å². The molecule has 1 heterocycles. The quantitative estimate of drug-likeness (QED) is 0.507. The van der Waals surface area contributed by atoms with Gasteiger partial charge in [-0.25, -0.2) is 0 Å². The van der Waals surface area contributed by atoms with E-state index in [1.54, 1.807) is 7.11 Å². The van der Waals surface area contributed by atoms with E-state index in [4.69, 9.17) is 14.2 Å². The molecule has 2 atom stereocenters. The molecule has 0 spiro atoms. The molecule has 1 aromatic carbocycles. The maximum absolute atomic E-state index is 5.97. The highest BCUT2D eigenvalue weighted by molar-refractivity contribution is 5.42. The molecule has 0 aliphatic carbocycles. The molecule has 0 aromatic heterocycles. The molecule has 1 aliphatic heterocycles. The highest BCUT2D eigenvalue weighted by atomic mass is 16.5. The average Bonchev–Trinajstić information content (AvgIpc) is 2.67. The first kappa shape index (κ1) is 24.0. The summed E-state index contributed by atoms with van der Waals surface area (Å²) < 4.78 is 17.1. The van der Waals surface area contributed by atoms with Gasteiger partial charge in [0.1, 0.15) is 6.54 Å². The summed E-state index contributed by atoms with van der Waals surface area (Å²) >= 11 is 0. The molecule has 1 aromatic rings. The van der Waals surface area contributed by atoms with Gasteiger partial charge in [-0.15, -0.1) is 0 Å². The third-order valence-electron chi connectivity index (χ3n) is 6.17. The standard InChI is InChI=1S/C25H43NO3/c1-7-28-23-11-9-20(16-24(23)27-6)18-26-14-12-21(10-8-19(2)3)22-13-15-29-25(4,5)17-22/h9,11,16,19,21-22,26H,7-8,10,12-15,17-18H2,1-6H3/p+1/t21-,22-/m1/s1. The predicted molar refractivity (Wildman–Crippen MR) is 120 cm³/mol. The molecule has 29 heavy (non-hydrogen) atoms. The molecule has 1 saturated heterocycles. The van der Waals surface area contributed by atoms with Gasteiger partial charge in [-0.3, -0.25) is 0 Å². The van der Waals surface area contributed by atoms with Crippen LogP contribution in [0.25, 0.3) is 0 Å². The lowest BCUT2D eigenvalue weighted by molar-refractivity contribution is -0.671. The minimum absolute atomic E-state index is 0.0432. The van der Waals surface area contributed by atoms with E-state index >= 15 is 0 Å². The number of methoxy groups -OCH3 is 1. The minimum atomic E-state index is 0.0432. The summed E-state index contributed by atoms with van der Waals surface area (Å²) in [6, 6.07) is 6.29. The summed E-state index contributed by atoms with van der Waals surface area (Å²) in [6.45, 7) is 14.9. The van der Waals surface area contributed by atoms with E-state index in [9.17, 15) is 0 Å². The van der Waals surface area contributed by atoms with Crippen LogP contribution in [-0.4, -0.2) is 32.5 Å². The summed E-state index contributed by atoms with van der Waals surface area (Å²) in [7, 11) is 1.71. The number of hydrogen-bond donors (Lipinski definition) is 1. The second-order valence-corrected chi connectivity index (χ2v) is 9.58. The van der Waals surface area contributed by atoms with Gasteiger partial charge in [0.25, 0.3) is 0 Å². The number of hydrogen-bond acceptors (Lipinski definition) is 3.